The van der Waals surface area contributed by atoms with E-state index >= 15 is 0 Å². The molecule has 9 heteroatoms. The lowest BCUT2D eigenvalue weighted by atomic mass is 9.90. The predicted molar refractivity (Wildman–Crippen MR) is 159 cm³/mol. The minimum Gasteiger partial charge on any atom is -0.482 e. The fourth-order valence-corrected chi connectivity index (χ4v) is 6.43. The SMILES string of the molecule is O=C(O)COc1ccc(CNC2CCCC(NC(=O)c3ccc4c(c3)nc(-c3ccoc3)n4C3CCCCC3)C2)cc1. The maximum absolute atomic E-state index is 13.4. The van der Waals surface area contributed by atoms with E-state index in [9.17, 15) is 9.59 Å². The topological polar surface area (TPSA) is 119 Å². The van der Waals surface area contributed by atoms with E-state index in [1.54, 1.807) is 24.7 Å². The van der Waals surface area contributed by atoms with Gasteiger partial charge in [-0.15, -0.1) is 0 Å². The van der Waals surface area contributed by atoms with Crippen molar-refractivity contribution in [1.82, 2.24) is 20.2 Å². The van der Waals surface area contributed by atoms with Crippen LogP contribution in [0.25, 0.3) is 22.4 Å². The minimum absolute atomic E-state index is 0.0587. The molecule has 3 N–H and O–H groups in total. The van der Waals surface area contributed by atoms with Crippen LogP contribution in [0.1, 0.15) is 79.8 Å². The highest BCUT2D eigenvalue weighted by atomic mass is 16.5. The largest absolute Gasteiger partial charge is 0.482 e. The molecule has 2 aliphatic carbocycles. The van der Waals surface area contributed by atoms with Gasteiger partial charge < -0.3 is 29.5 Å². The maximum Gasteiger partial charge on any atom is 0.341 e. The standard InChI is InChI=1S/C33H38N4O5/c38-31(39)21-42-28-12-9-22(10-13-28)19-34-25-5-4-6-26(18-25)35-33(40)23-11-14-30-29(17-23)36-32(24-15-16-41-20-24)37(30)27-7-2-1-3-8-27/h9-17,20,25-27,34H,1-8,18-19,21H2,(H,35,40)(H,38,39). The number of fused-ring (bicyclic) bond motifs is 1. The summed E-state index contributed by atoms with van der Waals surface area (Å²) in [5.74, 6) is 0.395. The highest BCUT2D eigenvalue weighted by molar-refractivity contribution is 5.98. The van der Waals surface area contributed by atoms with Crippen molar-refractivity contribution < 1.29 is 23.8 Å². The zero-order valence-electron chi connectivity index (χ0n) is 23.8. The molecule has 42 heavy (non-hydrogen) atoms. The van der Waals surface area contributed by atoms with Crippen molar-refractivity contribution in [2.75, 3.05) is 6.61 Å². The lowest BCUT2D eigenvalue weighted by Gasteiger charge is -2.30. The summed E-state index contributed by atoms with van der Waals surface area (Å²) in [6.07, 6.45) is 13.4. The van der Waals surface area contributed by atoms with Crippen LogP contribution < -0.4 is 15.4 Å². The van der Waals surface area contributed by atoms with Gasteiger partial charge in [-0.3, -0.25) is 4.79 Å². The number of hydrogen-bond donors (Lipinski definition) is 3. The molecule has 0 radical (unpaired) electrons. The molecule has 0 bridgehead atoms. The molecule has 2 aromatic carbocycles. The number of furan rings is 1. The summed E-state index contributed by atoms with van der Waals surface area (Å²) < 4.78 is 12.9. The number of aliphatic carboxylic acids is 1. The number of nitrogens with one attached hydrogen (secondary N) is 2. The Morgan fingerprint density at radius 3 is 2.55 bits per heavy atom. The number of imidazole rings is 1. The van der Waals surface area contributed by atoms with Gasteiger partial charge in [0.1, 0.15) is 17.8 Å². The normalized spacial score (nSPS) is 19.5. The summed E-state index contributed by atoms with van der Waals surface area (Å²) in [5.41, 5.74) is 4.60. The molecule has 0 saturated heterocycles. The van der Waals surface area contributed by atoms with E-state index in [0.29, 0.717) is 29.9 Å². The summed E-state index contributed by atoms with van der Waals surface area (Å²) in [6.45, 7) is 0.348. The first-order valence-corrected chi connectivity index (χ1v) is 15.1. The van der Waals surface area contributed by atoms with Gasteiger partial charge >= 0.3 is 5.97 Å². The predicted octanol–water partition coefficient (Wildman–Crippen LogP) is 6.10. The molecule has 2 heterocycles. The lowest BCUT2D eigenvalue weighted by Crippen LogP contribution is -2.44. The fraction of sp³-hybridized carbons (Fsp3) is 0.424. The van der Waals surface area contributed by atoms with Gasteiger partial charge in [0, 0.05) is 30.2 Å². The molecule has 0 aliphatic heterocycles. The Bertz CT molecular complexity index is 1510. The van der Waals surface area contributed by atoms with Crippen LogP contribution in [0.15, 0.2) is 65.5 Å². The van der Waals surface area contributed by atoms with Gasteiger partial charge in [-0.1, -0.05) is 31.4 Å². The Labute approximate surface area is 245 Å². The van der Waals surface area contributed by atoms with Crippen LogP contribution >= 0.6 is 0 Å². The average molecular weight is 571 g/mol. The molecule has 2 aromatic heterocycles. The summed E-state index contributed by atoms with van der Waals surface area (Å²) in [5, 5.41) is 15.7. The second-order valence-electron chi connectivity index (χ2n) is 11.6. The van der Waals surface area contributed by atoms with Gasteiger partial charge in [0.05, 0.1) is 22.9 Å². The Kier molecular flexibility index (Phi) is 8.55. The van der Waals surface area contributed by atoms with Gasteiger partial charge in [-0.2, -0.15) is 0 Å². The number of amides is 1. The highest BCUT2D eigenvalue weighted by Crippen LogP contribution is 2.36. The van der Waals surface area contributed by atoms with E-state index in [1.165, 1.54) is 19.3 Å². The van der Waals surface area contributed by atoms with Crippen LogP contribution in [-0.2, 0) is 11.3 Å². The van der Waals surface area contributed by atoms with E-state index in [4.69, 9.17) is 19.2 Å². The van der Waals surface area contributed by atoms with Crippen molar-refractivity contribution >= 4 is 22.9 Å². The van der Waals surface area contributed by atoms with Crippen LogP contribution in [0.5, 0.6) is 5.75 Å². The van der Waals surface area contributed by atoms with Crippen molar-refractivity contribution in [2.45, 2.75) is 82.5 Å². The van der Waals surface area contributed by atoms with Crippen LogP contribution in [0.2, 0.25) is 0 Å². The van der Waals surface area contributed by atoms with Gasteiger partial charge in [-0.25, -0.2) is 9.78 Å². The lowest BCUT2D eigenvalue weighted by molar-refractivity contribution is -0.139. The van der Waals surface area contributed by atoms with Crippen LogP contribution in [0, 0.1) is 0 Å². The van der Waals surface area contributed by atoms with Gasteiger partial charge in [0.25, 0.3) is 5.91 Å². The van der Waals surface area contributed by atoms with Crippen LogP contribution in [0.4, 0.5) is 0 Å². The average Bonchev–Trinajstić information content (AvgIpc) is 3.68. The fourth-order valence-electron chi connectivity index (χ4n) is 6.43. The molecule has 220 valence electrons. The molecular formula is C33H38N4O5. The van der Waals surface area contributed by atoms with Gasteiger partial charge in [-0.05, 0) is 80.5 Å². The van der Waals surface area contributed by atoms with Crippen molar-refractivity contribution in [3.05, 3.63) is 72.2 Å². The Morgan fingerprint density at radius 1 is 0.976 bits per heavy atom. The summed E-state index contributed by atoms with van der Waals surface area (Å²) >= 11 is 0. The first-order chi connectivity index (χ1) is 20.5. The first-order valence-electron chi connectivity index (χ1n) is 15.1. The maximum atomic E-state index is 13.4. The summed E-state index contributed by atoms with van der Waals surface area (Å²) in [4.78, 5) is 29.0. The number of carbonyl (C=O) groups is 2. The number of carboxylic acids is 1. The molecular weight excluding hydrogens is 532 g/mol. The van der Waals surface area contributed by atoms with Crippen molar-refractivity contribution in [1.29, 1.82) is 0 Å². The zero-order chi connectivity index (χ0) is 28.9. The summed E-state index contributed by atoms with van der Waals surface area (Å²) in [6, 6.07) is 16.1. The monoisotopic (exact) mass is 570 g/mol. The number of rotatable bonds is 10. The molecule has 4 aromatic rings. The van der Waals surface area contributed by atoms with E-state index in [2.05, 4.69) is 21.3 Å². The number of carbonyl (C=O) groups excluding carboxylic acids is 1. The van der Waals surface area contributed by atoms with E-state index in [-0.39, 0.29) is 18.6 Å². The third-order valence-corrected chi connectivity index (χ3v) is 8.56. The Hall–Kier alpha value is -4.11. The number of ether oxygens (including phenoxy) is 1. The number of benzene rings is 2. The Morgan fingerprint density at radius 2 is 1.79 bits per heavy atom. The molecule has 2 aliphatic rings. The van der Waals surface area contributed by atoms with Crippen molar-refractivity contribution in [3.8, 4) is 17.1 Å². The third-order valence-electron chi connectivity index (χ3n) is 8.56. The number of aromatic nitrogens is 2. The zero-order valence-corrected chi connectivity index (χ0v) is 23.8. The molecule has 2 unspecified atom stereocenters. The van der Waals surface area contributed by atoms with E-state index in [1.807, 2.05) is 30.3 Å². The second-order valence-corrected chi connectivity index (χ2v) is 11.6. The first kappa shape index (κ1) is 28.0. The van der Waals surface area contributed by atoms with Crippen LogP contribution in [-0.4, -0.2) is 45.2 Å². The van der Waals surface area contributed by atoms with Crippen LogP contribution in [0.3, 0.4) is 0 Å². The molecule has 2 fully saturated rings. The van der Waals surface area contributed by atoms with Gasteiger partial charge in [0.2, 0.25) is 0 Å². The van der Waals surface area contributed by atoms with E-state index < -0.39 is 5.97 Å². The number of hydrogen-bond acceptors (Lipinski definition) is 6. The summed E-state index contributed by atoms with van der Waals surface area (Å²) in [7, 11) is 0. The van der Waals surface area contributed by atoms with Crippen molar-refractivity contribution in [3.63, 3.8) is 0 Å². The number of carboxylic acid groups (broad SMARTS) is 1. The third kappa shape index (κ3) is 6.51. The molecule has 1 amide bonds. The molecule has 9 nitrogen and oxygen atoms in total. The van der Waals surface area contributed by atoms with E-state index in [0.717, 1.165) is 66.5 Å². The second kappa shape index (κ2) is 12.8. The minimum atomic E-state index is -0.995. The number of nitrogens with zero attached hydrogens (tertiary/aromatic N) is 2. The quantitative estimate of drug-likeness (QED) is 0.211. The molecule has 0 spiro atoms. The van der Waals surface area contributed by atoms with Gasteiger partial charge in [0.15, 0.2) is 6.61 Å². The molecule has 2 saturated carbocycles. The highest BCUT2D eigenvalue weighted by Gasteiger charge is 2.26. The van der Waals surface area contributed by atoms with Crippen molar-refractivity contribution in [2.24, 2.45) is 0 Å². The molecule has 6 rings (SSSR count). The Balaban J connectivity index is 1.09. The smallest absolute Gasteiger partial charge is 0.341 e. The molecule has 2 atom stereocenters.